The van der Waals surface area contributed by atoms with Gasteiger partial charge in [-0.2, -0.15) is 0 Å². The van der Waals surface area contributed by atoms with Crippen LogP contribution in [0.3, 0.4) is 0 Å². The molecule has 0 spiro atoms. The number of benzene rings is 2. The van der Waals surface area contributed by atoms with Crippen molar-refractivity contribution in [3.63, 3.8) is 0 Å². The van der Waals surface area contributed by atoms with E-state index in [1.807, 2.05) is 51.0 Å². The number of carbonyl (C=O) groups excluding carboxylic acids is 2. The summed E-state index contributed by atoms with van der Waals surface area (Å²) in [5.74, 6) is -1.51. The zero-order valence-electron chi connectivity index (χ0n) is 14.1. The molecule has 2 aromatic rings. The van der Waals surface area contributed by atoms with E-state index in [1.54, 1.807) is 18.2 Å². The molecular weight excluding hydrogens is 326 g/mol. The lowest BCUT2D eigenvalue weighted by atomic mass is 10.1. The Kier molecular flexibility index (Phi) is 5.46. The highest BCUT2D eigenvalue weighted by Gasteiger charge is 2.17. The number of hydrogen-bond acceptors (Lipinski definition) is 3. The highest BCUT2D eigenvalue weighted by atomic mass is 35.5. The Morgan fingerprint density at radius 2 is 1.54 bits per heavy atom. The summed E-state index contributed by atoms with van der Waals surface area (Å²) in [6.45, 7) is 3.74. The van der Waals surface area contributed by atoms with Gasteiger partial charge in [-0.15, -0.1) is 0 Å². The van der Waals surface area contributed by atoms with Crippen molar-refractivity contribution in [2.24, 2.45) is 0 Å². The summed E-state index contributed by atoms with van der Waals surface area (Å²) in [6, 6.07) is 10.8. The van der Waals surface area contributed by atoms with Crippen LogP contribution < -0.4 is 15.5 Å². The van der Waals surface area contributed by atoms with Crippen LogP contribution in [-0.4, -0.2) is 25.9 Å². The summed E-state index contributed by atoms with van der Waals surface area (Å²) in [5, 5.41) is 5.54. The summed E-state index contributed by atoms with van der Waals surface area (Å²) in [5.41, 5.74) is 3.79. The Labute approximate surface area is 146 Å². The summed E-state index contributed by atoms with van der Waals surface area (Å²) in [7, 11) is 3.85. The van der Waals surface area contributed by atoms with Gasteiger partial charge in [0.25, 0.3) is 0 Å². The second-order valence-electron chi connectivity index (χ2n) is 5.79. The highest BCUT2D eigenvalue weighted by Crippen LogP contribution is 2.27. The molecule has 24 heavy (non-hydrogen) atoms. The average molecular weight is 346 g/mol. The first-order chi connectivity index (χ1) is 11.3. The van der Waals surface area contributed by atoms with Crippen LogP contribution in [0, 0.1) is 13.8 Å². The van der Waals surface area contributed by atoms with Gasteiger partial charge in [-0.05, 0) is 55.3 Å². The molecule has 0 heterocycles. The molecule has 2 aromatic carbocycles. The smallest absolute Gasteiger partial charge is 0.314 e. The summed E-state index contributed by atoms with van der Waals surface area (Å²) in [4.78, 5) is 26.1. The standard InChI is InChI=1S/C18H20ClN3O2/c1-11-9-12(2)16(15(19)10-11)21-18(24)17(23)20-13-5-7-14(8-6-13)22(3)4/h5-10H,1-4H3,(H,20,23)(H,21,24). The second kappa shape index (κ2) is 7.36. The average Bonchev–Trinajstić information content (AvgIpc) is 2.51. The molecule has 0 aromatic heterocycles. The molecule has 126 valence electrons. The predicted molar refractivity (Wildman–Crippen MR) is 99.0 cm³/mol. The molecule has 0 atom stereocenters. The van der Waals surface area contributed by atoms with Crippen molar-refractivity contribution in [3.05, 3.63) is 52.5 Å². The van der Waals surface area contributed by atoms with Crippen molar-refractivity contribution in [1.29, 1.82) is 0 Å². The van der Waals surface area contributed by atoms with E-state index < -0.39 is 11.8 Å². The number of anilines is 3. The first-order valence-electron chi connectivity index (χ1n) is 7.44. The molecular formula is C18H20ClN3O2. The quantitative estimate of drug-likeness (QED) is 0.835. The summed E-state index contributed by atoms with van der Waals surface area (Å²) < 4.78 is 0. The molecule has 0 saturated carbocycles. The minimum atomic E-state index is -0.763. The Balaban J connectivity index is 2.06. The number of hydrogen-bond donors (Lipinski definition) is 2. The molecule has 0 aliphatic heterocycles. The topological polar surface area (TPSA) is 61.4 Å². The first-order valence-corrected chi connectivity index (χ1v) is 7.82. The van der Waals surface area contributed by atoms with Gasteiger partial charge < -0.3 is 15.5 Å². The summed E-state index contributed by atoms with van der Waals surface area (Å²) in [6.07, 6.45) is 0. The number of amides is 2. The van der Waals surface area contributed by atoms with E-state index in [0.717, 1.165) is 16.8 Å². The number of carbonyl (C=O) groups is 2. The SMILES string of the molecule is Cc1cc(C)c(NC(=O)C(=O)Nc2ccc(N(C)C)cc2)c(Cl)c1. The zero-order valence-corrected chi connectivity index (χ0v) is 14.9. The monoisotopic (exact) mass is 345 g/mol. The van der Waals surface area contributed by atoms with Crippen LogP contribution in [0.4, 0.5) is 17.1 Å². The van der Waals surface area contributed by atoms with Crippen LogP contribution >= 0.6 is 11.6 Å². The molecule has 6 heteroatoms. The first kappa shape index (κ1) is 17.8. The number of aryl methyl sites for hydroxylation is 2. The van der Waals surface area contributed by atoms with E-state index in [2.05, 4.69) is 10.6 Å². The van der Waals surface area contributed by atoms with Gasteiger partial charge in [0.2, 0.25) is 0 Å². The van der Waals surface area contributed by atoms with Crippen LogP contribution in [0.5, 0.6) is 0 Å². The molecule has 0 saturated heterocycles. The van der Waals surface area contributed by atoms with E-state index in [-0.39, 0.29) is 0 Å². The highest BCUT2D eigenvalue weighted by molar-refractivity contribution is 6.45. The maximum atomic E-state index is 12.1. The lowest BCUT2D eigenvalue weighted by Crippen LogP contribution is -2.29. The van der Waals surface area contributed by atoms with Gasteiger partial charge >= 0.3 is 11.8 Å². The van der Waals surface area contributed by atoms with Crippen LogP contribution in [0.15, 0.2) is 36.4 Å². The van der Waals surface area contributed by atoms with Crippen LogP contribution in [-0.2, 0) is 9.59 Å². The molecule has 0 bridgehead atoms. The van der Waals surface area contributed by atoms with E-state index >= 15 is 0 Å². The fraction of sp³-hybridized carbons (Fsp3) is 0.222. The van der Waals surface area contributed by atoms with Crippen molar-refractivity contribution in [1.82, 2.24) is 0 Å². The Morgan fingerprint density at radius 3 is 2.08 bits per heavy atom. The van der Waals surface area contributed by atoms with Gasteiger partial charge in [0.15, 0.2) is 0 Å². The minimum Gasteiger partial charge on any atom is -0.378 e. The molecule has 0 aliphatic carbocycles. The van der Waals surface area contributed by atoms with Crippen molar-refractivity contribution >= 4 is 40.5 Å². The Hall–Kier alpha value is -2.53. The Morgan fingerprint density at radius 1 is 0.958 bits per heavy atom. The predicted octanol–water partition coefficient (Wildman–Crippen LogP) is 3.60. The van der Waals surface area contributed by atoms with Gasteiger partial charge in [-0.25, -0.2) is 0 Å². The van der Waals surface area contributed by atoms with E-state index in [0.29, 0.717) is 16.4 Å². The molecule has 2 amide bonds. The van der Waals surface area contributed by atoms with E-state index in [1.165, 1.54) is 0 Å². The maximum absolute atomic E-state index is 12.1. The fourth-order valence-electron chi connectivity index (χ4n) is 2.28. The van der Waals surface area contributed by atoms with Gasteiger partial charge in [0.05, 0.1) is 10.7 Å². The number of halogens is 1. The van der Waals surface area contributed by atoms with Gasteiger partial charge in [0, 0.05) is 25.5 Å². The molecule has 0 radical (unpaired) electrons. The van der Waals surface area contributed by atoms with Gasteiger partial charge in [0.1, 0.15) is 0 Å². The van der Waals surface area contributed by atoms with Crippen molar-refractivity contribution in [3.8, 4) is 0 Å². The van der Waals surface area contributed by atoms with Gasteiger partial charge in [-0.1, -0.05) is 17.7 Å². The minimum absolute atomic E-state index is 0.406. The normalized spacial score (nSPS) is 10.2. The third-order valence-electron chi connectivity index (χ3n) is 3.52. The third kappa shape index (κ3) is 4.26. The lowest BCUT2D eigenvalue weighted by molar-refractivity contribution is -0.133. The zero-order chi connectivity index (χ0) is 17.9. The van der Waals surface area contributed by atoms with Crippen LogP contribution in [0.25, 0.3) is 0 Å². The molecule has 0 unspecified atom stereocenters. The second-order valence-corrected chi connectivity index (χ2v) is 6.20. The maximum Gasteiger partial charge on any atom is 0.314 e. The van der Waals surface area contributed by atoms with Crippen molar-refractivity contribution in [2.45, 2.75) is 13.8 Å². The third-order valence-corrected chi connectivity index (χ3v) is 3.82. The molecule has 2 rings (SSSR count). The van der Waals surface area contributed by atoms with Crippen LogP contribution in [0.2, 0.25) is 5.02 Å². The number of nitrogens with zero attached hydrogens (tertiary/aromatic N) is 1. The fourth-order valence-corrected chi connectivity index (χ4v) is 2.64. The lowest BCUT2D eigenvalue weighted by Gasteiger charge is -2.13. The molecule has 2 N–H and O–H groups in total. The molecule has 0 aliphatic rings. The van der Waals surface area contributed by atoms with Crippen molar-refractivity contribution in [2.75, 3.05) is 29.6 Å². The van der Waals surface area contributed by atoms with Gasteiger partial charge in [-0.3, -0.25) is 9.59 Å². The van der Waals surface area contributed by atoms with Crippen LogP contribution in [0.1, 0.15) is 11.1 Å². The number of rotatable bonds is 3. The summed E-state index contributed by atoms with van der Waals surface area (Å²) >= 11 is 6.14. The molecule has 0 fully saturated rings. The van der Waals surface area contributed by atoms with E-state index in [9.17, 15) is 9.59 Å². The van der Waals surface area contributed by atoms with E-state index in [4.69, 9.17) is 11.6 Å². The number of nitrogens with one attached hydrogen (secondary N) is 2. The molecule has 5 nitrogen and oxygen atoms in total. The van der Waals surface area contributed by atoms with Crippen molar-refractivity contribution < 1.29 is 9.59 Å². The Bertz CT molecular complexity index is 747. The largest absolute Gasteiger partial charge is 0.378 e.